The van der Waals surface area contributed by atoms with E-state index in [2.05, 4.69) is 28.3 Å². The van der Waals surface area contributed by atoms with Crippen LogP contribution in [0.5, 0.6) is 0 Å². The second kappa shape index (κ2) is 4.90. The first-order valence-electron chi connectivity index (χ1n) is 6.72. The van der Waals surface area contributed by atoms with E-state index in [1.54, 1.807) is 0 Å². The van der Waals surface area contributed by atoms with Crippen LogP contribution in [0.1, 0.15) is 34.7 Å². The third kappa shape index (κ3) is 2.18. The molecule has 3 N–H and O–H groups in total. The van der Waals surface area contributed by atoms with E-state index >= 15 is 0 Å². The van der Waals surface area contributed by atoms with Gasteiger partial charge in [0.15, 0.2) is 0 Å². The lowest BCUT2D eigenvalue weighted by molar-refractivity contribution is 0.624. The summed E-state index contributed by atoms with van der Waals surface area (Å²) in [4.78, 5) is 8.40. The molecule has 0 bridgehead atoms. The number of thiophene rings is 1. The maximum atomic E-state index is 7.62. The van der Waals surface area contributed by atoms with E-state index in [4.69, 9.17) is 11.1 Å². The Morgan fingerprint density at radius 2 is 2.30 bits per heavy atom. The predicted molar refractivity (Wildman–Crippen MR) is 83.8 cm³/mol. The number of aromatic nitrogens is 1. The Morgan fingerprint density at radius 3 is 3.05 bits per heavy atom. The van der Waals surface area contributed by atoms with Crippen LogP contribution in [0.4, 0.5) is 5.82 Å². The maximum Gasteiger partial charge on any atom is 0.130 e. The molecule has 0 saturated carbocycles. The quantitative estimate of drug-likeness (QED) is 0.659. The number of fused-ring (bicyclic) bond motifs is 1. The van der Waals surface area contributed by atoms with Gasteiger partial charge in [-0.2, -0.15) is 0 Å². The van der Waals surface area contributed by atoms with Crippen molar-refractivity contribution in [2.24, 2.45) is 5.73 Å². The molecule has 2 aromatic heterocycles. The van der Waals surface area contributed by atoms with E-state index in [9.17, 15) is 0 Å². The van der Waals surface area contributed by atoms with Crippen molar-refractivity contribution in [2.45, 2.75) is 26.3 Å². The van der Waals surface area contributed by atoms with Crippen molar-refractivity contribution in [3.63, 3.8) is 0 Å². The average Bonchev–Trinajstić information content (AvgIpc) is 2.87. The van der Waals surface area contributed by atoms with Gasteiger partial charge in [-0.05, 0) is 49.4 Å². The first kappa shape index (κ1) is 13.1. The summed E-state index contributed by atoms with van der Waals surface area (Å²) in [5.41, 5.74) is 8.66. The van der Waals surface area contributed by atoms with Crippen LogP contribution in [0, 0.1) is 12.3 Å². The fourth-order valence-electron chi connectivity index (χ4n) is 2.78. The van der Waals surface area contributed by atoms with Crippen molar-refractivity contribution >= 4 is 23.0 Å². The molecule has 3 rings (SSSR count). The van der Waals surface area contributed by atoms with Crippen LogP contribution < -0.4 is 10.6 Å². The van der Waals surface area contributed by atoms with Gasteiger partial charge >= 0.3 is 0 Å². The molecule has 1 atom stereocenters. The molecule has 0 aromatic carbocycles. The predicted octanol–water partition coefficient (Wildman–Crippen LogP) is 2.86. The number of nitrogens with zero attached hydrogens (tertiary/aromatic N) is 2. The first-order chi connectivity index (χ1) is 9.56. The summed E-state index contributed by atoms with van der Waals surface area (Å²) in [7, 11) is 0. The van der Waals surface area contributed by atoms with Crippen LogP contribution in [0.15, 0.2) is 23.6 Å². The molecule has 0 spiro atoms. The number of pyridine rings is 1. The first-order valence-corrected chi connectivity index (χ1v) is 7.60. The standard InChI is InChI=1S/C15H18N4S/c1-9-7-11(15(16)17)8-14(18-9)19-5-3-13-12(10(19)2)4-6-20-13/h4,6-8,10H,3,5H2,1-2H3,(H3,16,17). The summed E-state index contributed by atoms with van der Waals surface area (Å²) in [6, 6.07) is 6.30. The number of anilines is 1. The van der Waals surface area contributed by atoms with Gasteiger partial charge in [-0.25, -0.2) is 4.98 Å². The number of hydrogen-bond donors (Lipinski definition) is 2. The zero-order valence-electron chi connectivity index (χ0n) is 11.7. The van der Waals surface area contributed by atoms with Crippen molar-refractivity contribution in [3.8, 4) is 0 Å². The lowest BCUT2D eigenvalue weighted by Crippen LogP contribution is -2.34. The minimum atomic E-state index is 0.0950. The molecule has 104 valence electrons. The summed E-state index contributed by atoms with van der Waals surface area (Å²) in [5.74, 6) is 1.01. The Balaban J connectivity index is 2.00. The number of amidine groups is 1. The fraction of sp³-hybridized carbons (Fsp3) is 0.333. The van der Waals surface area contributed by atoms with Crippen LogP contribution in [-0.4, -0.2) is 17.4 Å². The molecule has 2 aromatic rings. The summed E-state index contributed by atoms with van der Waals surface area (Å²) in [5, 5.41) is 9.78. The minimum absolute atomic E-state index is 0.0950. The normalized spacial score (nSPS) is 17.9. The molecule has 0 amide bonds. The van der Waals surface area contributed by atoms with Crippen LogP contribution in [-0.2, 0) is 6.42 Å². The van der Waals surface area contributed by atoms with E-state index in [1.807, 2.05) is 30.4 Å². The average molecular weight is 286 g/mol. The van der Waals surface area contributed by atoms with Gasteiger partial charge in [0.25, 0.3) is 0 Å². The van der Waals surface area contributed by atoms with Gasteiger partial charge in [0, 0.05) is 22.7 Å². The van der Waals surface area contributed by atoms with E-state index in [0.29, 0.717) is 6.04 Å². The molecule has 0 radical (unpaired) electrons. The molecule has 0 fully saturated rings. The SMILES string of the molecule is Cc1cc(C(=N)N)cc(N2CCc3sccc3C2C)n1. The third-order valence-corrected chi connectivity index (χ3v) is 4.82. The molecular weight excluding hydrogens is 268 g/mol. The second-order valence-corrected chi connectivity index (χ2v) is 6.19. The molecule has 4 nitrogen and oxygen atoms in total. The number of aryl methyl sites for hydroxylation is 1. The van der Waals surface area contributed by atoms with Crippen LogP contribution in [0.25, 0.3) is 0 Å². The van der Waals surface area contributed by atoms with Gasteiger partial charge in [-0.3, -0.25) is 5.41 Å². The molecule has 0 aliphatic carbocycles. The fourth-order valence-corrected chi connectivity index (χ4v) is 3.74. The molecule has 0 saturated heterocycles. The summed E-state index contributed by atoms with van der Waals surface area (Å²) < 4.78 is 0. The number of hydrogen-bond acceptors (Lipinski definition) is 4. The van der Waals surface area contributed by atoms with Crippen molar-refractivity contribution in [2.75, 3.05) is 11.4 Å². The van der Waals surface area contributed by atoms with Crippen LogP contribution >= 0.6 is 11.3 Å². The van der Waals surface area contributed by atoms with E-state index in [1.165, 1.54) is 10.4 Å². The molecule has 3 heterocycles. The molecule has 1 unspecified atom stereocenters. The Labute approximate surface area is 122 Å². The van der Waals surface area contributed by atoms with Gasteiger partial charge in [0.1, 0.15) is 11.7 Å². The number of rotatable bonds is 2. The van der Waals surface area contributed by atoms with Gasteiger partial charge in [-0.15, -0.1) is 11.3 Å². The Kier molecular flexibility index (Phi) is 3.22. The smallest absolute Gasteiger partial charge is 0.130 e. The summed E-state index contributed by atoms with van der Waals surface area (Å²) in [6.45, 7) is 5.12. The topological polar surface area (TPSA) is 66.0 Å². The molecule has 1 aliphatic rings. The Hall–Kier alpha value is -1.88. The van der Waals surface area contributed by atoms with Crippen LogP contribution in [0.2, 0.25) is 0 Å². The van der Waals surface area contributed by atoms with E-state index < -0.39 is 0 Å². The third-order valence-electron chi connectivity index (χ3n) is 3.82. The molecular formula is C15H18N4S. The Morgan fingerprint density at radius 1 is 1.50 bits per heavy atom. The largest absolute Gasteiger partial charge is 0.384 e. The number of nitrogens with one attached hydrogen (secondary N) is 1. The van der Waals surface area contributed by atoms with Crippen molar-refractivity contribution in [3.05, 3.63) is 45.3 Å². The van der Waals surface area contributed by atoms with Crippen LogP contribution in [0.3, 0.4) is 0 Å². The van der Waals surface area contributed by atoms with Crippen molar-refractivity contribution < 1.29 is 0 Å². The lowest BCUT2D eigenvalue weighted by atomic mass is 10.0. The minimum Gasteiger partial charge on any atom is -0.384 e. The van der Waals surface area contributed by atoms with Gasteiger partial charge in [0.2, 0.25) is 0 Å². The maximum absolute atomic E-state index is 7.62. The number of nitrogens with two attached hydrogens (primary N) is 1. The van der Waals surface area contributed by atoms with Crippen molar-refractivity contribution in [1.82, 2.24) is 4.98 Å². The highest BCUT2D eigenvalue weighted by Crippen LogP contribution is 2.35. The van der Waals surface area contributed by atoms with E-state index in [-0.39, 0.29) is 5.84 Å². The van der Waals surface area contributed by atoms with Gasteiger partial charge in [-0.1, -0.05) is 0 Å². The lowest BCUT2D eigenvalue weighted by Gasteiger charge is -2.35. The highest BCUT2D eigenvalue weighted by molar-refractivity contribution is 7.10. The van der Waals surface area contributed by atoms with Crippen molar-refractivity contribution in [1.29, 1.82) is 5.41 Å². The highest BCUT2D eigenvalue weighted by Gasteiger charge is 2.26. The zero-order valence-corrected chi connectivity index (χ0v) is 12.5. The zero-order chi connectivity index (χ0) is 14.3. The highest BCUT2D eigenvalue weighted by atomic mass is 32.1. The monoisotopic (exact) mass is 286 g/mol. The molecule has 20 heavy (non-hydrogen) atoms. The summed E-state index contributed by atoms with van der Waals surface area (Å²) >= 11 is 1.84. The Bertz CT molecular complexity index is 662. The van der Waals surface area contributed by atoms with E-state index in [0.717, 1.165) is 30.0 Å². The molecule has 1 aliphatic heterocycles. The second-order valence-electron chi connectivity index (χ2n) is 5.19. The number of nitrogen functional groups attached to an aromatic ring is 1. The van der Waals surface area contributed by atoms with Gasteiger partial charge in [0.05, 0.1) is 6.04 Å². The summed E-state index contributed by atoms with van der Waals surface area (Å²) in [6.07, 6.45) is 1.06. The molecule has 5 heteroatoms. The van der Waals surface area contributed by atoms with Gasteiger partial charge < -0.3 is 10.6 Å².